The van der Waals surface area contributed by atoms with Crippen LogP contribution in [0.1, 0.15) is 35.8 Å². The highest BCUT2D eigenvalue weighted by atomic mass is 35.5. The van der Waals surface area contributed by atoms with Crippen molar-refractivity contribution in [2.75, 3.05) is 5.32 Å². The van der Waals surface area contributed by atoms with Gasteiger partial charge in [0.15, 0.2) is 6.10 Å². The number of hydrogen-bond donors (Lipinski definition) is 2. The first-order valence-corrected chi connectivity index (χ1v) is 10.00. The zero-order chi connectivity index (χ0) is 21.5. The number of amides is 2. The molecule has 2 atom stereocenters. The number of carbonyl (C=O) groups excluding carboxylic acids is 2. The maximum Gasteiger partial charge on any atom is 0.265 e. The third-order valence-electron chi connectivity index (χ3n) is 4.57. The highest BCUT2D eigenvalue weighted by Crippen LogP contribution is 2.24. The molecule has 154 valence electrons. The second-order valence-corrected chi connectivity index (χ2v) is 7.27. The summed E-state index contributed by atoms with van der Waals surface area (Å²) in [6.45, 7) is 3.58. The van der Waals surface area contributed by atoms with Crippen molar-refractivity contribution in [1.29, 1.82) is 0 Å². The fraction of sp³-hybridized carbons (Fsp3) is 0.167. The second-order valence-electron chi connectivity index (χ2n) is 6.86. The first-order valence-electron chi connectivity index (χ1n) is 9.62. The van der Waals surface area contributed by atoms with Crippen molar-refractivity contribution < 1.29 is 14.3 Å². The van der Waals surface area contributed by atoms with Gasteiger partial charge in [0, 0.05) is 11.3 Å². The Morgan fingerprint density at radius 3 is 2.17 bits per heavy atom. The number of ether oxygens (including phenoxy) is 1. The number of benzene rings is 3. The summed E-state index contributed by atoms with van der Waals surface area (Å²) in [6.07, 6.45) is -0.736. The molecule has 2 N–H and O–H groups in total. The molecule has 2 amide bonds. The van der Waals surface area contributed by atoms with Crippen LogP contribution in [0.15, 0.2) is 78.9 Å². The summed E-state index contributed by atoms with van der Waals surface area (Å²) in [6, 6.07) is 23.3. The molecule has 0 aliphatic rings. The van der Waals surface area contributed by atoms with Crippen LogP contribution < -0.4 is 15.4 Å². The fourth-order valence-corrected chi connectivity index (χ4v) is 3.02. The highest BCUT2D eigenvalue weighted by Gasteiger charge is 2.17. The van der Waals surface area contributed by atoms with Gasteiger partial charge in [0.1, 0.15) is 5.75 Å². The van der Waals surface area contributed by atoms with Gasteiger partial charge in [-0.1, -0.05) is 54.1 Å². The summed E-state index contributed by atoms with van der Waals surface area (Å²) in [5.74, 6) is -0.0501. The lowest BCUT2D eigenvalue weighted by Gasteiger charge is -2.16. The summed E-state index contributed by atoms with van der Waals surface area (Å²) in [4.78, 5) is 24.9. The van der Waals surface area contributed by atoms with Crippen LogP contribution in [0.5, 0.6) is 5.75 Å². The molecule has 3 aromatic carbocycles. The van der Waals surface area contributed by atoms with Crippen molar-refractivity contribution in [2.24, 2.45) is 0 Å². The molecule has 0 aliphatic heterocycles. The molecule has 0 fully saturated rings. The Kier molecular flexibility index (Phi) is 7.09. The van der Waals surface area contributed by atoms with E-state index in [0.717, 1.165) is 5.56 Å². The van der Waals surface area contributed by atoms with Crippen molar-refractivity contribution in [1.82, 2.24) is 5.32 Å². The van der Waals surface area contributed by atoms with Crippen LogP contribution in [0.25, 0.3) is 0 Å². The first kappa shape index (κ1) is 21.4. The van der Waals surface area contributed by atoms with Crippen molar-refractivity contribution in [2.45, 2.75) is 26.0 Å². The van der Waals surface area contributed by atoms with E-state index < -0.39 is 6.10 Å². The van der Waals surface area contributed by atoms with Gasteiger partial charge in [-0.25, -0.2) is 0 Å². The van der Waals surface area contributed by atoms with Crippen LogP contribution in [0.4, 0.5) is 5.69 Å². The Hall–Kier alpha value is -3.31. The average molecular weight is 423 g/mol. The molecule has 3 rings (SSSR count). The van der Waals surface area contributed by atoms with Crippen LogP contribution in [-0.4, -0.2) is 17.9 Å². The van der Waals surface area contributed by atoms with Crippen LogP contribution in [0, 0.1) is 0 Å². The molecule has 0 saturated heterocycles. The third kappa shape index (κ3) is 5.61. The summed E-state index contributed by atoms with van der Waals surface area (Å²) >= 11 is 6.06. The van der Waals surface area contributed by atoms with Crippen LogP contribution >= 0.6 is 11.6 Å². The smallest absolute Gasteiger partial charge is 0.265 e. The second kappa shape index (κ2) is 9.94. The number of rotatable bonds is 7. The molecule has 6 heteroatoms. The molecule has 0 bridgehead atoms. The normalized spacial score (nSPS) is 12.5. The molecule has 0 heterocycles. The van der Waals surface area contributed by atoms with E-state index in [1.165, 1.54) is 0 Å². The summed E-state index contributed by atoms with van der Waals surface area (Å²) in [7, 11) is 0. The van der Waals surface area contributed by atoms with E-state index in [4.69, 9.17) is 16.3 Å². The maximum atomic E-state index is 12.5. The van der Waals surface area contributed by atoms with Crippen molar-refractivity contribution in [3.05, 3.63) is 95.0 Å². The Bertz CT molecular complexity index is 1010. The van der Waals surface area contributed by atoms with E-state index in [-0.39, 0.29) is 17.9 Å². The van der Waals surface area contributed by atoms with Gasteiger partial charge < -0.3 is 15.4 Å². The van der Waals surface area contributed by atoms with E-state index >= 15 is 0 Å². The van der Waals surface area contributed by atoms with E-state index in [9.17, 15) is 9.59 Å². The van der Waals surface area contributed by atoms with Gasteiger partial charge in [-0.05, 0) is 55.8 Å². The molecule has 3 aromatic rings. The first-order chi connectivity index (χ1) is 14.4. The number of carbonyl (C=O) groups is 2. The average Bonchev–Trinajstić information content (AvgIpc) is 2.76. The van der Waals surface area contributed by atoms with Gasteiger partial charge in [-0.15, -0.1) is 0 Å². The van der Waals surface area contributed by atoms with Gasteiger partial charge in [0.25, 0.3) is 11.8 Å². The molecular formula is C24H23ClN2O3. The van der Waals surface area contributed by atoms with Crippen molar-refractivity contribution in [3.63, 3.8) is 0 Å². The quantitative estimate of drug-likeness (QED) is 0.547. The number of nitrogens with one attached hydrogen (secondary N) is 2. The molecule has 0 radical (unpaired) electrons. The minimum atomic E-state index is -0.736. The predicted molar refractivity (Wildman–Crippen MR) is 119 cm³/mol. The lowest BCUT2D eigenvalue weighted by molar-refractivity contribution is -0.122. The lowest BCUT2D eigenvalue weighted by Crippen LogP contribution is -2.30. The summed E-state index contributed by atoms with van der Waals surface area (Å²) in [5, 5.41) is 6.18. The Balaban J connectivity index is 1.56. The monoisotopic (exact) mass is 422 g/mol. The fourth-order valence-electron chi connectivity index (χ4n) is 2.84. The Morgan fingerprint density at radius 1 is 0.867 bits per heavy atom. The van der Waals surface area contributed by atoms with Crippen LogP contribution in [0.3, 0.4) is 0 Å². The molecule has 30 heavy (non-hydrogen) atoms. The maximum absolute atomic E-state index is 12.5. The van der Waals surface area contributed by atoms with Gasteiger partial charge >= 0.3 is 0 Å². The number of halogens is 1. The number of anilines is 1. The van der Waals surface area contributed by atoms with Crippen LogP contribution in [-0.2, 0) is 4.79 Å². The minimum absolute atomic E-state index is 0.110. The van der Waals surface area contributed by atoms with Gasteiger partial charge in [0.2, 0.25) is 0 Å². The predicted octanol–water partition coefficient (Wildman–Crippen LogP) is 5.24. The lowest BCUT2D eigenvalue weighted by atomic mass is 10.1. The SMILES string of the molecule is CC(Oc1ccccc1Cl)C(=O)Nc1ccc(C(=O)NC(C)c2ccccc2)cc1. The molecule has 2 unspecified atom stereocenters. The largest absolute Gasteiger partial charge is 0.479 e. The molecule has 0 saturated carbocycles. The zero-order valence-electron chi connectivity index (χ0n) is 16.8. The molecule has 5 nitrogen and oxygen atoms in total. The Labute approximate surface area is 181 Å². The molecular weight excluding hydrogens is 400 g/mol. The van der Waals surface area contributed by atoms with Gasteiger partial charge in [-0.2, -0.15) is 0 Å². The molecule has 0 spiro atoms. The van der Waals surface area contributed by atoms with Gasteiger partial charge in [-0.3, -0.25) is 9.59 Å². The van der Waals surface area contributed by atoms with E-state index in [0.29, 0.717) is 22.0 Å². The van der Waals surface area contributed by atoms with Crippen LogP contribution in [0.2, 0.25) is 5.02 Å². The van der Waals surface area contributed by atoms with E-state index in [1.54, 1.807) is 55.5 Å². The van der Waals surface area contributed by atoms with Gasteiger partial charge in [0.05, 0.1) is 11.1 Å². The molecule has 0 aliphatic carbocycles. The standard InChI is InChI=1S/C24H23ClN2O3/c1-16(18-8-4-3-5-9-18)26-24(29)19-12-14-20(15-13-19)27-23(28)17(2)30-22-11-7-6-10-21(22)25/h3-17H,1-2H3,(H,26,29)(H,27,28). The summed E-state index contributed by atoms with van der Waals surface area (Å²) < 4.78 is 5.62. The zero-order valence-corrected chi connectivity index (χ0v) is 17.5. The Morgan fingerprint density at radius 2 is 1.50 bits per heavy atom. The molecule has 0 aromatic heterocycles. The number of para-hydroxylation sites is 1. The third-order valence-corrected chi connectivity index (χ3v) is 4.88. The highest BCUT2D eigenvalue weighted by molar-refractivity contribution is 6.32. The van der Waals surface area contributed by atoms with Crippen molar-refractivity contribution >= 4 is 29.1 Å². The topological polar surface area (TPSA) is 67.4 Å². The van der Waals surface area contributed by atoms with E-state index in [1.807, 2.05) is 37.3 Å². The summed E-state index contributed by atoms with van der Waals surface area (Å²) in [5.41, 5.74) is 2.11. The van der Waals surface area contributed by atoms with Crippen molar-refractivity contribution in [3.8, 4) is 5.75 Å². The minimum Gasteiger partial charge on any atom is -0.479 e. The number of hydrogen-bond acceptors (Lipinski definition) is 3. The van der Waals surface area contributed by atoms with E-state index in [2.05, 4.69) is 10.6 Å².